The zero-order valence-electron chi connectivity index (χ0n) is 11.7. The summed E-state index contributed by atoms with van der Waals surface area (Å²) < 4.78 is 7.94. The second-order valence-electron chi connectivity index (χ2n) is 4.89. The van der Waals surface area contributed by atoms with Gasteiger partial charge in [-0.2, -0.15) is 0 Å². The van der Waals surface area contributed by atoms with Gasteiger partial charge in [-0.25, -0.2) is 0 Å². The third-order valence-electron chi connectivity index (χ3n) is 3.48. The van der Waals surface area contributed by atoms with Gasteiger partial charge in [-0.15, -0.1) is 0 Å². The van der Waals surface area contributed by atoms with Crippen molar-refractivity contribution in [1.29, 1.82) is 0 Å². The van der Waals surface area contributed by atoms with Crippen LogP contribution in [0.15, 0.2) is 48.7 Å². The highest BCUT2D eigenvalue weighted by Gasteiger charge is 2.09. The lowest BCUT2D eigenvalue weighted by Gasteiger charge is -2.05. The molecule has 4 heteroatoms. The maximum absolute atomic E-state index is 9.69. The molecule has 2 aromatic carbocycles. The molecule has 0 atom stereocenters. The van der Waals surface area contributed by atoms with Gasteiger partial charge in [-0.1, -0.05) is 17.7 Å². The van der Waals surface area contributed by atoms with Gasteiger partial charge in [0.1, 0.15) is 18.1 Å². The second-order valence-corrected chi connectivity index (χ2v) is 5.32. The topological polar surface area (TPSA) is 34.4 Å². The zero-order valence-corrected chi connectivity index (χ0v) is 12.5. The van der Waals surface area contributed by atoms with E-state index in [1.54, 1.807) is 18.2 Å². The lowest BCUT2D eigenvalue weighted by atomic mass is 10.2. The van der Waals surface area contributed by atoms with E-state index in [0.717, 1.165) is 28.8 Å². The van der Waals surface area contributed by atoms with E-state index in [1.807, 2.05) is 24.3 Å². The third kappa shape index (κ3) is 2.83. The quantitative estimate of drug-likeness (QED) is 0.764. The number of hydrogen-bond acceptors (Lipinski definition) is 2. The number of aromatic nitrogens is 1. The van der Waals surface area contributed by atoms with Crippen LogP contribution in [0.2, 0.25) is 5.02 Å². The minimum atomic E-state index is 0.264. The Morgan fingerprint density at radius 2 is 2.05 bits per heavy atom. The van der Waals surface area contributed by atoms with E-state index < -0.39 is 0 Å². The van der Waals surface area contributed by atoms with Crippen molar-refractivity contribution < 1.29 is 9.84 Å². The Morgan fingerprint density at radius 3 is 2.81 bits per heavy atom. The summed E-state index contributed by atoms with van der Waals surface area (Å²) in [5.74, 6) is 1.00. The number of rotatable bonds is 4. The van der Waals surface area contributed by atoms with Crippen LogP contribution in [0.25, 0.3) is 10.9 Å². The molecule has 3 rings (SSSR count). The molecule has 0 aliphatic carbocycles. The molecule has 0 unspecified atom stereocenters. The Morgan fingerprint density at radius 1 is 1.19 bits per heavy atom. The van der Waals surface area contributed by atoms with Crippen LogP contribution in [0.3, 0.4) is 0 Å². The van der Waals surface area contributed by atoms with E-state index in [-0.39, 0.29) is 5.75 Å². The van der Waals surface area contributed by atoms with Crippen LogP contribution in [-0.4, -0.2) is 9.67 Å². The lowest BCUT2D eigenvalue weighted by molar-refractivity contribution is 0.307. The van der Waals surface area contributed by atoms with E-state index in [2.05, 4.69) is 17.7 Å². The monoisotopic (exact) mass is 301 g/mol. The maximum atomic E-state index is 9.69. The first-order valence-electron chi connectivity index (χ1n) is 6.86. The van der Waals surface area contributed by atoms with Crippen LogP contribution in [-0.2, 0) is 13.2 Å². The fourth-order valence-corrected chi connectivity index (χ4v) is 2.63. The molecule has 0 aliphatic heterocycles. The molecule has 3 nitrogen and oxygen atoms in total. The van der Waals surface area contributed by atoms with Crippen molar-refractivity contribution in [2.75, 3.05) is 0 Å². The SMILES string of the molecule is CCn1cc(COc2cccc(Cl)c2)c2cc(O)ccc21. The lowest BCUT2D eigenvalue weighted by Crippen LogP contribution is -1.95. The number of fused-ring (bicyclic) bond motifs is 1. The number of halogens is 1. The van der Waals surface area contributed by atoms with Crippen molar-refractivity contribution in [3.63, 3.8) is 0 Å². The molecule has 0 amide bonds. The highest BCUT2D eigenvalue weighted by molar-refractivity contribution is 6.30. The van der Waals surface area contributed by atoms with Gasteiger partial charge in [-0.05, 0) is 43.3 Å². The maximum Gasteiger partial charge on any atom is 0.121 e. The van der Waals surface area contributed by atoms with E-state index in [4.69, 9.17) is 16.3 Å². The van der Waals surface area contributed by atoms with Gasteiger partial charge < -0.3 is 14.4 Å². The first-order valence-corrected chi connectivity index (χ1v) is 7.24. The molecule has 108 valence electrons. The second kappa shape index (κ2) is 5.70. The Bertz CT molecular complexity index is 780. The molecule has 0 fully saturated rings. The van der Waals surface area contributed by atoms with Gasteiger partial charge in [0.2, 0.25) is 0 Å². The van der Waals surface area contributed by atoms with Crippen LogP contribution in [0.5, 0.6) is 11.5 Å². The number of phenolic OH excluding ortho intramolecular Hbond substituents is 1. The number of phenols is 1. The first kappa shape index (κ1) is 13.8. The minimum Gasteiger partial charge on any atom is -0.508 e. The molecule has 1 N–H and O–H groups in total. The van der Waals surface area contributed by atoms with Crippen molar-refractivity contribution in [2.45, 2.75) is 20.1 Å². The van der Waals surface area contributed by atoms with Gasteiger partial charge in [0.15, 0.2) is 0 Å². The first-order chi connectivity index (χ1) is 10.2. The van der Waals surface area contributed by atoms with E-state index in [1.165, 1.54) is 0 Å². The van der Waals surface area contributed by atoms with Gasteiger partial charge in [-0.3, -0.25) is 0 Å². The number of hydrogen-bond donors (Lipinski definition) is 1. The predicted octanol–water partition coefficient (Wildman–Crippen LogP) is 4.60. The van der Waals surface area contributed by atoms with Crippen molar-refractivity contribution in [2.24, 2.45) is 0 Å². The summed E-state index contributed by atoms with van der Waals surface area (Å²) in [5.41, 5.74) is 2.14. The van der Waals surface area contributed by atoms with E-state index >= 15 is 0 Å². The molecule has 0 aliphatic rings. The van der Waals surface area contributed by atoms with Crippen LogP contribution in [0, 0.1) is 0 Å². The number of nitrogens with zero attached hydrogens (tertiary/aromatic N) is 1. The Balaban J connectivity index is 1.91. The highest BCUT2D eigenvalue weighted by Crippen LogP contribution is 2.27. The van der Waals surface area contributed by atoms with Gasteiger partial charge in [0.25, 0.3) is 0 Å². The van der Waals surface area contributed by atoms with E-state index in [9.17, 15) is 5.11 Å². The van der Waals surface area contributed by atoms with Gasteiger partial charge in [0, 0.05) is 34.2 Å². The largest absolute Gasteiger partial charge is 0.508 e. The predicted molar refractivity (Wildman–Crippen MR) is 85.1 cm³/mol. The average Bonchev–Trinajstić information content (AvgIpc) is 2.82. The number of aryl methyl sites for hydroxylation is 1. The van der Waals surface area contributed by atoms with Crippen LogP contribution in [0.1, 0.15) is 12.5 Å². The zero-order chi connectivity index (χ0) is 14.8. The Hall–Kier alpha value is -2.13. The van der Waals surface area contributed by atoms with Crippen molar-refractivity contribution >= 4 is 22.5 Å². The number of benzene rings is 2. The van der Waals surface area contributed by atoms with Crippen molar-refractivity contribution in [1.82, 2.24) is 4.57 Å². The summed E-state index contributed by atoms with van der Waals surface area (Å²) in [6.45, 7) is 3.40. The molecule has 0 spiro atoms. The van der Waals surface area contributed by atoms with Gasteiger partial charge in [0.05, 0.1) is 0 Å². The molecular weight excluding hydrogens is 286 g/mol. The third-order valence-corrected chi connectivity index (χ3v) is 3.71. The molecule has 3 aromatic rings. The fraction of sp³-hybridized carbons (Fsp3) is 0.176. The summed E-state index contributed by atoms with van der Waals surface area (Å²) in [6, 6.07) is 12.7. The normalized spacial score (nSPS) is 11.0. The molecule has 1 aromatic heterocycles. The molecule has 0 radical (unpaired) electrons. The average molecular weight is 302 g/mol. The molecular formula is C17H16ClNO2. The number of aromatic hydroxyl groups is 1. The van der Waals surface area contributed by atoms with Crippen molar-refractivity contribution in [3.8, 4) is 11.5 Å². The summed E-state index contributed by atoms with van der Waals surface area (Å²) >= 11 is 5.95. The number of ether oxygens (including phenoxy) is 1. The fourth-order valence-electron chi connectivity index (χ4n) is 2.45. The molecule has 21 heavy (non-hydrogen) atoms. The Labute approximate surface area is 128 Å². The standard InChI is InChI=1S/C17H16ClNO2/c1-2-19-10-12(16-9-14(20)6-7-17(16)19)11-21-15-5-3-4-13(18)8-15/h3-10,20H,2,11H2,1H3. The molecule has 0 saturated heterocycles. The van der Waals surface area contributed by atoms with Crippen LogP contribution in [0.4, 0.5) is 0 Å². The molecule has 1 heterocycles. The highest BCUT2D eigenvalue weighted by atomic mass is 35.5. The van der Waals surface area contributed by atoms with Crippen LogP contribution >= 0.6 is 11.6 Å². The summed E-state index contributed by atoms with van der Waals surface area (Å²) in [7, 11) is 0. The molecule has 0 bridgehead atoms. The molecule has 0 saturated carbocycles. The van der Waals surface area contributed by atoms with E-state index in [0.29, 0.717) is 11.6 Å². The van der Waals surface area contributed by atoms with Gasteiger partial charge >= 0.3 is 0 Å². The summed E-state index contributed by atoms with van der Waals surface area (Å²) in [5, 5.41) is 11.4. The smallest absolute Gasteiger partial charge is 0.121 e. The minimum absolute atomic E-state index is 0.264. The Kier molecular flexibility index (Phi) is 3.76. The van der Waals surface area contributed by atoms with Crippen LogP contribution < -0.4 is 4.74 Å². The summed E-state index contributed by atoms with van der Waals surface area (Å²) in [4.78, 5) is 0. The van der Waals surface area contributed by atoms with Crippen molar-refractivity contribution in [3.05, 3.63) is 59.2 Å². The summed E-state index contributed by atoms with van der Waals surface area (Å²) in [6.07, 6.45) is 2.06.